The quantitative estimate of drug-likeness (QED) is 0.816. The Labute approximate surface area is 130 Å². The lowest BCUT2D eigenvalue weighted by Crippen LogP contribution is -2.51. The van der Waals surface area contributed by atoms with Crippen molar-refractivity contribution in [3.63, 3.8) is 0 Å². The van der Waals surface area contributed by atoms with E-state index < -0.39 is 0 Å². The molecule has 0 bridgehead atoms. The van der Waals surface area contributed by atoms with E-state index in [1.807, 2.05) is 18.7 Å². The van der Waals surface area contributed by atoms with E-state index in [2.05, 4.69) is 4.90 Å². The zero-order valence-corrected chi connectivity index (χ0v) is 13.9. The van der Waals surface area contributed by atoms with Crippen LogP contribution in [0.3, 0.4) is 0 Å². The molecule has 1 aliphatic heterocycles. The van der Waals surface area contributed by atoms with Gasteiger partial charge in [0.2, 0.25) is 5.91 Å². The van der Waals surface area contributed by atoms with Crippen LogP contribution in [0, 0.1) is 11.8 Å². The third-order valence-electron chi connectivity index (χ3n) is 5.64. The highest BCUT2D eigenvalue weighted by Gasteiger charge is 2.34. The van der Waals surface area contributed by atoms with Crippen molar-refractivity contribution in [2.75, 3.05) is 32.7 Å². The van der Waals surface area contributed by atoms with Gasteiger partial charge in [0, 0.05) is 38.6 Å². The number of piperidine rings is 1. The fraction of sp³-hybridized carbons (Fsp3) is 0.941. The summed E-state index contributed by atoms with van der Waals surface area (Å²) in [4.78, 5) is 16.8. The second-order valence-electron chi connectivity index (χ2n) is 6.75. The monoisotopic (exact) mass is 295 g/mol. The van der Waals surface area contributed by atoms with E-state index >= 15 is 0 Å². The van der Waals surface area contributed by atoms with Crippen molar-refractivity contribution in [1.29, 1.82) is 0 Å². The first-order valence-corrected chi connectivity index (χ1v) is 8.91. The number of rotatable bonds is 6. The van der Waals surface area contributed by atoms with Gasteiger partial charge < -0.3 is 10.6 Å². The highest BCUT2D eigenvalue weighted by atomic mass is 16.2. The van der Waals surface area contributed by atoms with Gasteiger partial charge in [0.15, 0.2) is 0 Å². The lowest BCUT2D eigenvalue weighted by molar-refractivity contribution is -0.132. The molecule has 0 spiro atoms. The van der Waals surface area contributed by atoms with Crippen molar-refractivity contribution in [1.82, 2.24) is 9.80 Å². The van der Waals surface area contributed by atoms with Crippen LogP contribution < -0.4 is 5.73 Å². The van der Waals surface area contributed by atoms with E-state index in [-0.39, 0.29) is 11.9 Å². The Bertz CT molecular complexity index is 330. The lowest BCUT2D eigenvalue weighted by atomic mass is 9.75. The summed E-state index contributed by atoms with van der Waals surface area (Å²) in [7, 11) is 0. The van der Waals surface area contributed by atoms with Crippen LogP contribution in [-0.2, 0) is 4.79 Å². The molecule has 0 aromatic carbocycles. The number of nitrogens with two attached hydrogens (primary N) is 1. The number of fused-ring (bicyclic) bond motifs is 1. The van der Waals surface area contributed by atoms with Crippen molar-refractivity contribution in [3.05, 3.63) is 0 Å². The van der Waals surface area contributed by atoms with Crippen molar-refractivity contribution >= 4 is 5.91 Å². The summed E-state index contributed by atoms with van der Waals surface area (Å²) >= 11 is 0. The molecule has 2 fully saturated rings. The first kappa shape index (κ1) is 16.8. The average Bonchev–Trinajstić information content (AvgIpc) is 2.53. The molecule has 0 aromatic heterocycles. The van der Waals surface area contributed by atoms with E-state index in [0.29, 0.717) is 13.0 Å². The summed E-state index contributed by atoms with van der Waals surface area (Å²) in [5, 5.41) is 0. The molecule has 3 unspecified atom stereocenters. The molecule has 3 atom stereocenters. The molecule has 0 aromatic rings. The number of carbonyl (C=O) groups excluding carboxylic acids is 1. The van der Waals surface area contributed by atoms with E-state index in [4.69, 9.17) is 5.73 Å². The van der Waals surface area contributed by atoms with Crippen LogP contribution >= 0.6 is 0 Å². The van der Waals surface area contributed by atoms with Gasteiger partial charge in [0.05, 0.1) is 0 Å². The lowest BCUT2D eigenvalue weighted by Gasteiger charge is -2.44. The molecule has 2 rings (SSSR count). The summed E-state index contributed by atoms with van der Waals surface area (Å²) in [5.74, 6) is 2.05. The summed E-state index contributed by atoms with van der Waals surface area (Å²) in [6.45, 7) is 8.60. The van der Waals surface area contributed by atoms with Gasteiger partial charge in [-0.2, -0.15) is 0 Å². The summed E-state index contributed by atoms with van der Waals surface area (Å²) in [5.41, 5.74) is 5.99. The Hall–Kier alpha value is -0.610. The van der Waals surface area contributed by atoms with E-state index in [9.17, 15) is 4.79 Å². The van der Waals surface area contributed by atoms with E-state index in [0.717, 1.165) is 38.0 Å². The predicted octanol–water partition coefficient (Wildman–Crippen LogP) is 2.08. The SMILES string of the molecule is CCN(CC)C(=O)CC(CN)N1CCC2CCCCC2C1. The van der Waals surface area contributed by atoms with Crippen molar-refractivity contribution in [2.24, 2.45) is 17.6 Å². The normalized spacial score (nSPS) is 28.0. The van der Waals surface area contributed by atoms with Crippen LogP contribution in [0.4, 0.5) is 0 Å². The minimum atomic E-state index is 0.237. The average molecular weight is 295 g/mol. The smallest absolute Gasteiger partial charge is 0.224 e. The molecule has 1 heterocycles. The summed E-state index contributed by atoms with van der Waals surface area (Å²) in [6, 6.07) is 0.237. The van der Waals surface area contributed by atoms with Crippen molar-refractivity contribution in [3.8, 4) is 0 Å². The minimum absolute atomic E-state index is 0.237. The van der Waals surface area contributed by atoms with Crippen molar-refractivity contribution in [2.45, 2.75) is 58.4 Å². The Morgan fingerprint density at radius 1 is 1.19 bits per heavy atom. The summed E-state index contributed by atoms with van der Waals surface area (Å²) in [6.07, 6.45) is 7.51. The Balaban J connectivity index is 1.90. The van der Waals surface area contributed by atoms with Gasteiger partial charge >= 0.3 is 0 Å². The molecule has 1 aliphatic carbocycles. The fourth-order valence-corrected chi connectivity index (χ4v) is 4.23. The van der Waals surface area contributed by atoms with Crippen LogP contribution in [0.2, 0.25) is 0 Å². The van der Waals surface area contributed by atoms with Gasteiger partial charge in [-0.25, -0.2) is 0 Å². The van der Waals surface area contributed by atoms with Gasteiger partial charge in [-0.15, -0.1) is 0 Å². The standard InChI is InChI=1S/C17H33N3O/c1-3-19(4-2)17(21)11-16(12-18)20-10-9-14-7-5-6-8-15(14)13-20/h14-16H,3-13,18H2,1-2H3. The second kappa shape index (κ2) is 8.14. The molecule has 2 aliphatic rings. The van der Waals surface area contributed by atoms with Crippen LogP contribution in [-0.4, -0.2) is 54.5 Å². The zero-order valence-electron chi connectivity index (χ0n) is 13.9. The van der Waals surface area contributed by atoms with E-state index in [1.165, 1.54) is 32.1 Å². The number of hydrogen-bond donors (Lipinski definition) is 1. The molecule has 21 heavy (non-hydrogen) atoms. The highest BCUT2D eigenvalue weighted by Crippen LogP contribution is 2.36. The van der Waals surface area contributed by atoms with Gasteiger partial charge in [-0.3, -0.25) is 9.69 Å². The predicted molar refractivity (Wildman–Crippen MR) is 87.0 cm³/mol. The number of carbonyl (C=O) groups is 1. The second-order valence-corrected chi connectivity index (χ2v) is 6.75. The summed E-state index contributed by atoms with van der Waals surface area (Å²) < 4.78 is 0. The molecule has 1 amide bonds. The Morgan fingerprint density at radius 2 is 1.86 bits per heavy atom. The minimum Gasteiger partial charge on any atom is -0.343 e. The molecular formula is C17H33N3O. The maximum Gasteiger partial charge on any atom is 0.224 e. The molecular weight excluding hydrogens is 262 g/mol. The fourth-order valence-electron chi connectivity index (χ4n) is 4.23. The number of amides is 1. The maximum atomic E-state index is 12.3. The largest absolute Gasteiger partial charge is 0.343 e. The van der Waals surface area contributed by atoms with E-state index in [1.54, 1.807) is 0 Å². The number of likely N-dealkylation sites (tertiary alicyclic amines) is 1. The van der Waals surface area contributed by atoms with Gasteiger partial charge in [0.1, 0.15) is 0 Å². The van der Waals surface area contributed by atoms with Gasteiger partial charge in [0.25, 0.3) is 0 Å². The topological polar surface area (TPSA) is 49.6 Å². The van der Waals surface area contributed by atoms with Crippen LogP contribution in [0.1, 0.15) is 52.4 Å². The van der Waals surface area contributed by atoms with Gasteiger partial charge in [-0.1, -0.05) is 19.3 Å². The molecule has 2 N–H and O–H groups in total. The molecule has 0 radical (unpaired) electrons. The van der Waals surface area contributed by atoms with Crippen molar-refractivity contribution < 1.29 is 4.79 Å². The number of nitrogens with zero attached hydrogens (tertiary/aromatic N) is 2. The Kier molecular flexibility index (Phi) is 6.49. The maximum absolute atomic E-state index is 12.3. The van der Waals surface area contributed by atoms with Crippen LogP contribution in [0.25, 0.3) is 0 Å². The molecule has 122 valence electrons. The third-order valence-corrected chi connectivity index (χ3v) is 5.64. The van der Waals surface area contributed by atoms with Crippen LogP contribution in [0.15, 0.2) is 0 Å². The molecule has 4 heteroatoms. The van der Waals surface area contributed by atoms with Gasteiger partial charge in [-0.05, 0) is 45.1 Å². The molecule has 1 saturated heterocycles. The molecule has 4 nitrogen and oxygen atoms in total. The van der Waals surface area contributed by atoms with Crippen LogP contribution in [0.5, 0.6) is 0 Å². The first-order chi connectivity index (χ1) is 10.2. The zero-order chi connectivity index (χ0) is 15.2. The first-order valence-electron chi connectivity index (χ1n) is 8.91. The molecule has 1 saturated carbocycles. The Morgan fingerprint density at radius 3 is 2.48 bits per heavy atom. The number of hydrogen-bond acceptors (Lipinski definition) is 3. The highest BCUT2D eigenvalue weighted by molar-refractivity contribution is 5.76. The third kappa shape index (κ3) is 4.19.